The summed E-state index contributed by atoms with van der Waals surface area (Å²) in [6, 6.07) is 19.4. The SMILES string of the molecule is CC(C)(C#N)C(=O)Nc1ccccc1-c1ccccc1. The number of anilines is 1. The molecule has 1 N–H and O–H groups in total. The van der Waals surface area contributed by atoms with Crippen molar-refractivity contribution in [2.75, 3.05) is 5.32 Å². The van der Waals surface area contributed by atoms with E-state index in [2.05, 4.69) is 5.32 Å². The van der Waals surface area contributed by atoms with Gasteiger partial charge in [-0.2, -0.15) is 5.26 Å². The predicted octanol–water partition coefficient (Wildman–Crippen LogP) is 3.84. The molecule has 0 aromatic heterocycles. The number of nitrogens with zero attached hydrogens (tertiary/aromatic N) is 1. The van der Waals surface area contributed by atoms with Crippen molar-refractivity contribution >= 4 is 11.6 Å². The number of hydrogen-bond acceptors (Lipinski definition) is 2. The van der Waals surface area contributed by atoms with Gasteiger partial charge in [-0.1, -0.05) is 48.5 Å². The first kappa shape index (κ1) is 13.8. The van der Waals surface area contributed by atoms with E-state index in [1.165, 1.54) is 0 Å². The quantitative estimate of drug-likeness (QED) is 0.915. The van der Waals surface area contributed by atoms with Gasteiger partial charge in [0.1, 0.15) is 5.41 Å². The highest BCUT2D eigenvalue weighted by Crippen LogP contribution is 2.28. The lowest BCUT2D eigenvalue weighted by molar-refractivity contribution is -0.121. The van der Waals surface area contributed by atoms with E-state index in [-0.39, 0.29) is 5.91 Å². The summed E-state index contributed by atoms with van der Waals surface area (Å²) in [5, 5.41) is 11.9. The van der Waals surface area contributed by atoms with Crippen molar-refractivity contribution < 1.29 is 4.79 Å². The minimum atomic E-state index is -1.05. The number of benzene rings is 2. The fourth-order valence-corrected chi connectivity index (χ4v) is 1.79. The van der Waals surface area contributed by atoms with Crippen molar-refractivity contribution in [3.05, 3.63) is 54.6 Å². The molecule has 20 heavy (non-hydrogen) atoms. The van der Waals surface area contributed by atoms with Crippen LogP contribution in [0.15, 0.2) is 54.6 Å². The first-order valence-corrected chi connectivity index (χ1v) is 6.42. The summed E-state index contributed by atoms with van der Waals surface area (Å²) in [7, 11) is 0. The number of hydrogen-bond donors (Lipinski definition) is 1. The number of amides is 1. The number of rotatable bonds is 3. The number of para-hydroxylation sites is 1. The Labute approximate surface area is 118 Å². The lowest BCUT2D eigenvalue weighted by atomic mass is 9.94. The third-order valence-corrected chi connectivity index (χ3v) is 3.11. The molecule has 0 fully saturated rings. The lowest BCUT2D eigenvalue weighted by Crippen LogP contribution is -2.29. The number of carbonyl (C=O) groups is 1. The first-order valence-electron chi connectivity index (χ1n) is 6.42. The molecule has 0 bridgehead atoms. The van der Waals surface area contributed by atoms with Gasteiger partial charge in [-0.05, 0) is 25.5 Å². The molecule has 0 unspecified atom stereocenters. The summed E-state index contributed by atoms with van der Waals surface area (Å²) < 4.78 is 0. The standard InChI is InChI=1S/C17H16N2O/c1-17(2,12-18)16(20)19-15-11-7-6-10-14(15)13-8-4-3-5-9-13/h3-11H,1-2H3,(H,19,20). The Hall–Kier alpha value is -2.60. The van der Waals surface area contributed by atoms with Gasteiger partial charge in [0, 0.05) is 11.3 Å². The van der Waals surface area contributed by atoms with Crippen LogP contribution in [0.25, 0.3) is 11.1 Å². The molecular formula is C17H16N2O. The largest absolute Gasteiger partial charge is 0.324 e. The number of nitriles is 1. The molecule has 0 aliphatic carbocycles. The monoisotopic (exact) mass is 264 g/mol. The zero-order valence-electron chi connectivity index (χ0n) is 11.6. The van der Waals surface area contributed by atoms with E-state index in [9.17, 15) is 4.79 Å². The molecule has 0 aliphatic heterocycles. The van der Waals surface area contributed by atoms with Crippen molar-refractivity contribution in [2.45, 2.75) is 13.8 Å². The van der Waals surface area contributed by atoms with E-state index in [0.29, 0.717) is 5.69 Å². The zero-order valence-corrected chi connectivity index (χ0v) is 11.6. The molecule has 3 nitrogen and oxygen atoms in total. The molecule has 2 aromatic rings. The summed E-state index contributed by atoms with van der Waals surface area (Å²) in [4.78, 5) is 12.1. The molecule has 0 saturated heterocycles. The van der Waals surface area contributed by atoms with E-state index in [0.717, 1.165) is 11.1 Å². The summed E-state index contributed by atoms with van der Waals surface area (Å²) in [6.07, 6.45) is 0. The van der Waals surface area contributed by atoms with Crippen LogP contribution in [0.5, 0.6) is 0 Å². The minimum absolute atomic E-state index is 0.302. The molecule has 0 atom stereocenters. The Morgan fingerprint density at radius 2 is 1.65 bits per heavy atom. The van der Waals surface area contributed by atoms with Crippen molar-refractivity contribution in [2.24, 2.45) is 5.41 Å². The molecule has 0 aliphatic rings. The van der Waals surface area contributed by atoms with Gasteiger partial charge < -0.3 is 5.32 Å². The van der Waals surface area contributed by atoms with E-state index in [4.69, 9.17) is 5.26 Å². The van der Waals surface area contributed by atoms with Gasteiger partial charge in [0.05, 0.1) is 6.07 Å². The lowest BCUT2D eigenvalue weighted by Gasteiger charge is -2.17. The second-order valence-electron chi connectivity index (χ2n) is 5.10. The maximum Gasteiger partial charge on any atom is 0.244 e. The van der Waals surface area contributed by atoms with Crippen LogP contribution >= 0.6 is 0 Å². The van der Waals surface area contributed by atoms with Crippen LogP contribution in [0.1, 0.15) is 13.8 Å². The molecule has 2 rings (SSSR count). The molecule has 0 spiro atoms. The molecule has 100 valence electrons. The average Bonchev–Trinajstić information content (AvgIpc) is 2.48. The maximum absolute atomic E-state index is 12.1. The van der Waals surface area contributed by atoms with Crippen molar-refractivity contribution in [3.63, 3.8) is 0 Å². The van der Waals surface area contributed by atoms with Crippen LogP contribution in [0.2, 0.25) is 0 Å². The third kappa shape index (κ3) is 2.86. The van der Waals surface area contributed by atoms with Gasteiger partial charge in [0.15, 0.2) is 0 Å². The van der Waals surface area contributed by atoms with Crippen molar-refractivity contribution in [1.82, 2.24) is 0 Å². The first-order chi connectivity index (χ1) is 9.54. The summed E-state index contributed by atoms with van der Waals surface area (Å²) in [5.74, 6) is -0.302. The van der Waals surface area contributed by atoms with Crippen LogP contribution < -0.4 is 5.32 Å². The highest BCUT2D eigenvalue weighted by atomic mass is 16.2. The fourth-order valence-electron chi connectivity index (χ4n) is 1.79. The van der Waals surface area contributed by atoms with Crippen LogP contribution in [0.3, 0.4) is 0 Å². The molecule has 1 amide bonds. The molecule has 3 heteroatoms. The van der Waals surface area contributed by atoms with Gasteiger partial charge in [0.25, 0.3) is 0 Å². The smallest absolute Gasteiger partial charge is 0.244 e. The number of carbonyl (C=O) groups excluding carboxylic acids is 1. The van der Waals surface area contributed by atoms with Crippen LogP contribution in [0, 0.1) is 16.7 Å². The minimum Gasteiger partial charge on any atom is -0.324 e. The highest BCUT2D eigenvalue weighted by Gasteiger charge is 2.27. The number of nitrogens with one attached hydrogen (secondary N) is 1. The van der Waals surface area contributed by atoms with Crippen molar-refractivity contribution in [1.29, 1.82) is 5.26 Å². The van der Waals surface area contributed by atoms with Gasteiger partial charge in [0.2, 0.25) is 5.91 Å². The maximum atomic E-state index is 12.1. The van der Waals surface area contributed by atoms with Crippen molar-refractivity contribution in [3.8, 4) is 17.2 Å². The van der Waals surface area contributed by atoms with Crippen LogP contribution in [0.4, 0.5) is 5.69 Å². The fraction of sp³-hybridized carbons (Fsp3) is 0.176. The Kier molecular flexibility index (Phi) is 3.86. The van der Waals surface area contributed by atoms with E-state index < -0.39 is 5.41 Å². The third-order valence-electron chi connectivity index (χ3n) is 3.11. The zero-order chi connectivity index (χ0) is 14.6. The molecule has 2 aromatic carbocycles. The Balaban J connectivity index is 2.36. The molecule has 0 radical (unpaired) electrons. The molecule has 0 saturated carbocycles. The summed E-state index contributed by atoms with van der Waals surface area (Å²) in [5.41, 5.74) is 1.63. The van der Waals surface area contributed by atoms with Crippen LogP contribution in [-0.2, 0) is 4.79 Å². The molecular weight excluding hydrogens is 248 g/mol. The van der Waals surface area contributed by atoms with Gasteiger partial charge >= 0.3 is 0 Å². The predicted molar refractivity (Wildman–Crippen MR) is 79.9 cm³/mol. The van der Waals surface area contributed by atoms with Crippen LogP contribution in [-0.4, -0.2) is 5.91 Å². The van der Waals surface area contributed by atoms with Gasteiger partial charge in [-0.3, -0.25) is 4.79 Å². The second kappa shape index (κ2) is 5.58. The normalized spacial score (nSPS) is 10.7. The highest BCUT2D eigenvalue weighted by molar-refractivity contribution is 5.99. The van der Waals surface area contributed by atoms with E-state index >= 15 is 0 Å². The summed E-state index contributed by atoms with van der Waals surface area (Å²) >= 11 is 0. The Morgan fingerprint density at radius 3 is 2.30 bits per heavy atom. The van der Waals surface area contributed by atoms with E-state index in [1.54, 1.807) is 13.8 Å². The van der Waals surface area contributed by atoms with E-state index in [1.807, 2.05) is 60.7 Å². The Bertz CT molecular complexity index is 654. The topological polar surface area (TPSA) is 52.9 Å². The Morgan fingerprint density at radius 1 is 1.05 bits per heavy atom. The average molecular weight is 264 g/mol. The van der Waals surface area contributed by atoms with Gasteiger partial charge in [-0.15, -0.1) is 0 Å². The second-order valence-corrected chi connectivity index (χ2v) is 5.10. The summed E-state index contributed by atoms with van der Waals surface area (Å²) in [6.45, 7) is 3.21. The molecule has 0 heterocycles. The van der Waals surface area contributed by atoms with Gasteiger partial charge in [-0.25, -0.2) is 0 Å².